The standard InChI is InChI=1S/C29H33F3N4O7/c1-14(33-27(38)43-28(3,4)5)23-22(25(37)36-13-7-8-18(36)26-40-15(2)41-26)35-24(42-23)17-9-11-19(39-6)21-16(17)10-12-20(34-21)29(30,31)32/h9-12,14-15,18,26H,7-8,13H2,1-6H3,(H,33,38)/t14-,15?,18-,26?/m0/s1. The molecule has 232 valence electrons. The Labute approximate surface area is 245 Å². The minimum Gasteiger partial charge on any atom is -0.494 e. The van der Waals surface area contributed by atoms with Gasteiger partial charge in [-0.2, -0.15) is 13.2 Å². The average Bonchev–Trinajstić information content (AvgIpc) is 3.56. The van der Waals surface area contributed by atoms with Crippen LogP contribution in [0.4, 0.5) is 18.0 Å². The van der Waals surface area contributed by atoms with E-state index in [0.29, 0.717) is 13.0 Å². The van der Waals surface area contributed by atoms with Gasteiger partial charge in [0.1, 0.15) is 22.6 Å². The van der Waals surface area contributed by atoms with Crippen LogP contribution in [-0.4, -0.2) is 64.7 Å². The summed E-state index contributed by atoms with van der Waals surface area (Å²) in [6.07, 6.45) is -4.98. The van der Waals surface area contributed by atoms with Gasteiger partial charge in [0.2, 0.25) is 5.89 Å². The van der Waals surface area contributed by atoms with Crippen LogP contribution in [0.2, 0.25) is 0 Å². The van der Waals surface area contributed by atoms with Crippen molar-refractivity contribution < 1.29 is 46.1 Å². The number of alkyl halides is 3. The third kappa shape index (κ3) is 6.25. The van der Waals surface area contributed by atoms with E-state index in [1.54, 1.807) is 45.6 Å². The average molecular weight is 607 g/mol. The predicted octanol–water partition coefficient (Wildman–Crippen LogP) is 5.83. The highest BCUT2D eigenvalue weighted by Crippen LogP contribution is 2.38. The molecule has 2 aliphatic heterocycles. The summed E-state index contributed by atoms with van der Waals surface area (Å²) in [7, 11) is 1.32. The highest BCUT2D eigenvalue weighted by Gasteiger charge is 2.44. The van der Waals surface area contributed by atoms with Crippen LogP contribution < -0.4 is 10.1 Å². The summed E-state index contributed by atoms with van der Waals surface area (Å²) in [5.41, 5.74) is -1.72. The van der Waals surface area contributed by atoms with E-state index in [9.17, 15) is 22.8 Å². The Kier molecular flexibility index (Phi) is 8.03. The number of benzene rings is 1. The number of carbonyl (C=O) groups is 2. The molecule has 1 aromatic carbocycles. The lowest BCUT2D eigenvalue weighted by Gasteiger charge is -2.40. The summed E-state index contributed by atoms with van der Waals surface area (Å²) in [5, 5.41) is 2.93. The van der Waals surface area contributed by atoms with Gasteiger partial charge < -0.3 is 33.6 Å². The number of alkyl carbamates (subject to hydrolysis) is 1. The lowest BCUT2D eigenvalue weighted by Crippen LogP contribution is -2.53. The van der Waals surface area contributed by atoms with Gasteiger partial charge >= 0.3 is 12.3 Å². The second kappa shape index (κ2) is 11.3. The van der Waals surface area contributed by atoms with Crippen LogP contribution in [-0.2, 0) is 20.4 Å². The fourth-order valence-electron chi connectivity index (χ4n) is 5.18. The van der Waals surface area contributed by atoms with Gasteiger partial charge in [-0.15, -0.1) is 0 Å². The normalized spacial score (nSPS) is 21.4. The summed E-state index contributed by atoms with van der Waals surface area (Å²) < 4.78 is 68.5. The maximum absolute atomic E-state index is 14.0. The quantitative estimate of drug-likeness (QED) is 0.369. The summed E-state index contributed by atoms with van der Waals surface area (Å²) in [6.45, 7) is 8.93. The zero-order chi connectivity index (χ0) is 31.3. The molecule has 0 radical (unpaired) electrons. The number of methoxy groups -OCH3 is 1. The SMILES string of the molecule is COc1ccc(-c2nc(C(=O)N3CCC[C@H]3C3OC(C)O3)c([C@H](C)NC(=O)OC(C)(C)C)o2)c2ccc(C(F)(F)F)nc12. The lowest BCUT2D eigenvalue weighted by molar-refractivity contribution is -0.387. The van der Waals surface area contributed by atoms with Crippen LogP contribution in [0.1, 0.15) is 75.4 Å². The number of amides is 2. The van der Waals surface area contributed by atoms with Crippen LogP contribution in [0.15, 0.2) is 28.7 Å². The van der Waals surface area contributed by atoms with Crippen LogP contribution >= 0.6 is 0 Å². The summed E-state index contributed by atoms with van der Waals surface area (Å²) >= 11 is 0. The number of carbonyl (C=O) groups excluding carboxylic acids is 2. The summed E-state index contributed by atoms with van der Waals surface area (Å²) in [4.78, 5) is 36.5. The summed E-state index contributed by atoms with van der Waals surface area (Å²) in [6, 6.07) is 3.88. The van der Waals surface area contributed by atoms with Crippen LogP contribution in [0.3, 0.4) is 0 Å². The van der Waals surface area contributed by atoms with E-state index in [4.69, 9.17) is 23.4 Å². The molecule has 0 bridgehead atoms. The molecule has 0 spiro atoms. The molecule has 4 heterocycles. The van der Waals surface area contributed by atoms with Gasteiger partial charge in [0.15, 0.2) is 24.0 Å². The van der Waals surface area contributed by atoms with E-state index in [-0.39, 0.29) is 51.9 Å². The molecule has 43 heavy (non-hydrogen) atoms. The zero-order valence-corrected chi connectivity index (χ0v) is 24.6. The number of aromatic nitrogens is 2. The van der Waals surface area contributed by atoms with Crippen molar-refractivity contribution in [2.45, 2.75) is 83.9 Å². The Morgan fingerprint density at radius 3 is 2.47 bits per heavy atom. The molecule has 2 amide bonds. The number of likely N-dealkylation sites (tertiary alicyclic amines) is 1. The molecule has 2 fully saturated rings. The Morgan fingerprint density at radius 1 is 1.12 bits per heavy atom. The Balaban J connectivity index is 1.58. The number of oxazole rings is 1. The van der Waals surface area contributed by atoms with E-state index in [1.165, 1.54) is 19.2 Å². The molecule has 5 rings (SSSR count). The largest absolute Gasteiger partial charge is 0.494 e. The highest BCUT2D eigenvalue weighted by molar-refractivity contribution is 5.98. The van der Waals surface area contributed by atoms with Crippen LogP contribution in [0.5, 0.6) is 5.75 Å². The molecular formula is C29H33F3N4O7. The van der Waals surface area contributed by atoms with Crippen LogP contribution in [0, 0.1) is 0 Å². The maximum Gasteiger partial charge on any atom is 0.433 e. The maximum atomic E-state index is 14.0. The van der Waals surface area contributed by atoms with E-state index < -0.39 is 41.8 Å². The molecule has 1 N–H and O–H groups in total. The first-order chi connectivity index (χ1) is 20.2. The minimum absolute atomic E-state index is 0.0455. The second-order valence-electron chi connectivity index (χ2n) is 11.4. The molecule has 2 saturated heterocycles. The van der Waals surface area contributed by atoms with Crippen molar-refractivity contribution in [1.82, 2.24) is 20.2 Å². The van der Waals surface area contributed by atoms with Crippen molar-refractivity contribution in [3.8, 4) is 17.2 Å². The number of ether oxygens (including phenoxy) is 4. The number of rotatable bonds is 6. The number of halogens is 3. The molecule has 14 heteroatoms. The molecule has 2 atom stereocenters. The monoisotopic (exact) mass is 606 g/mol. The third-order valence-electron chi connectivity index (χ3n) is 7.07. The molecule has 2 aromatic heterocycles. The van der Waals surface area contributed by atoms with Gasteiger partial charge in [-0.3, -0.25) is 4.79 Å². The number of nitrogens with one attached hydrogen (secondary N) is 1. The summed E-state index contributed by atoms with van der Waals surface area (Å²) in [5.74, 6) is -0.356. The Morgan fingerprint density at radius 2 is 1.84 bits per heavy atom. The Hall–Kier alpha value is -3.91. The van der Waals surface area contributed by atoms with E-state index in [1.807, 2.05) is 0 Å². The zero-order valence-electron chi connectivity index (χ0n) is 24.6. The predicted molar refractivity (Wildman–Crippen MR) is 146 cm³/mol. The van der Waals surface area contributed by atoms with Gasteiger partial charge in [-0.1, -0.05) is 0 Å². The lowest BCUT2D eigenvalue weighted by atomic mass is 10.1. The number of fused-ring (bicyclic) bond motifs is 1. The smallest absolute Gasteiger partial charge is 0.433 e. The van der Waals surface area contributed by atoms with Crippen molar-refractivity contribution in [2.24, 2.45) is 0 Å². The van der Waals surface area contributed by atoms with Gasteiger partial charge in [-0.25, -0.2) is 14.8 Å². The molecule has 0 saturated carbocycles. The third-order valence-corrected chi connectivity index (χ3v) is 7.07. The second-order valence-corrected chi connectivity index (χ2v) is 11.4. The topological polar surface area (TPSA) is 125 Å². The van der Waals surface area contributed by atoms with E-state index in [0.717, 1.165) is 12.5 Å². The first kappa shape index (κ1) is 30.5. The van der Waals surface area contributed by atoms with Crippen molar-refractivity contribution in [3.63, 3.8) is 0 Å². The molecule has 2 aliphatic rings. The fraction of sp³-hybridized carbons (Fsp3) is 0.517. The Bertz CT molecular complexity index is 1530. The van der Waals surface area contributed by atoms with Crippen molar-refractivity contribution in [2.75, 3.05) is 13.7 Å². The highest BCUT2D eigenvalue weighted by atomic mass is 19.4. The van der Waals surface area contributed by atoms with Crippen LogP contribution in [0.25, 0.3) is 22.4 Å². The van der Waals surface area contributed by atoms with Gasteiger partial charge in [0.05, 0.1) is 19.2 Å². The van der Waals surface area contributed by atoms with Gasteiger partial charge in [0.25, 0.3) is 5.91 Å². The van der Waals surface area contributed by atoms with Crippen molar-refractivity contribution >= 4 is 22.9 Å². The van der Waals surface area contributed by atoms with Gasteiger partial charge in [0, 0.05) is 17.5 Å². The first-order valence-electron chi connectivity index (χ1n) is 13.8. The van der Waals surface area contributed by atoms with Crippen molar-refractivity contribution in [1.29, 1.82) is 0 Å². The number of pyridine rings is 1. The molecular weight excluding hydrogens is 573 g/mol. The first-order valence-corrected chi connectivity index (χ1v) is 13.8. The molecule has 11 nitrogen and oxygen atoms in total. The molecule has 3 aromatic rings. The number of hydrogen-bond acceptors (Lipinski definition) is 9. The minimum atomic E-state index is -4.68. The van der Waals surface area contributed by atoms with Gasteiger partial charge in [-0.05, 0) is 71.7 Å². The fourth-order valence-corrected chi connectivity index (χ4v) is 5.18. The molecule has 0 unspecified atom stereocenters. The van der Waals surface area contributed by atoms with Crippen molar-refractivity contribution in [3.05, 3.63) is 41.4 Å². The number of hydrogen-bond donors (Lipinski definition) is 1. The molecule has 0 aliphatic carbocycles. The number of nitrogens with zero attached hydrogens (tertiary/aromatic N) is 3. The van der Waals surface area contributed by atoms with E-state index in [2.05, 4.69) is 15.3 Å². The van der Waals surface area contributed by atoms with E-state index >= 15 is 0 Å².